The predicted molar refractivity (Wildman–Crippen MR) is 78.5 cm³/mol. The highest BCUT2D eigenvalue weighted by Gasteiger charge is 2.33. The van der Waals surface area contributed by atoms with Gasteiger partial charge in [-0.05, 0) is 31.0 Å². The fraction of sp³-hybridized carbons (Fsp3) is 0.500. The minimum absolute atomic E-state index is 0. The smallest absolute Gasteiger partial charge is 0.345 e. The highest BCUT2D eigenvalue weighted by molar-refractivity contribution is 5.95. The molecule has 0 bridgehead atoms. The Morgan fingerprint density at radius 2 is 1.73 bits per heavy atom. The Bertz CT molecular complexity index is 508. The second-order valence-electron chi connectivity index (χ2n) is 4.87. The summed E-state index contributed by atoms with van der Waals surface area (Å²) in [7, 11) is 0. The van der Waals surface area contributed by atoms with E-state index in [2.05, 4.69) is 5.32 Å². The molecule has 0 aromatic heterocycles. The van der Waals surface area contributed by atoms with E-state index in [0.29, 0.717) is 25.0 Å². The van der Waals surface area contributed by atoms with Crippen LogP contribution in [0.2, 0.25) is 0 Å². The number of nitrogens with two attached hydrogens (primary N) is 1. The molecule has 0 heterocycles. The molecule has 0 fully saturated rings. The molecular weight excluding hydrogens is 324 g/mol. The van der Waals surface area contributed by atoms with Gasteiger partial charge in [-0.25, -0.2) is 4.39 Å². The van der Waals surface area contributed by atoms with Crippen LogP contribution in [0.15, 0.2) is 18.2 Å². The largest absolute Gasteiger partial charge is 0.416 e. The summed E-state index contributed by atoms with van der Waals surface area (Å²) in [5.74, 6) is -1.88. The first kappa shape index (κ1) is 20.7. The van der Waals surface area contributed by atoms with E-state index >= 15 is 0 Å². The summed E-state index contributed by atoms with van der Waals surface area (Å²) in [4.78, 5) is 12.1. The van der Waals surface area contributed by atoms with Crippen LogP contribution in [0.25, 0.3) is 0 Å². The van der Waals surface area contributed by atoms with E-state index in [0.717, 1.165) is 6.07 Å². The van der Waals surface area contributed by atoms with Crippen LogP contribution in [0.1, 0.15) is 42.6 Å². The van der Waals surface area contributed by atoms with E-state index in [4.69, 9.17) is 5.73 Å². The van der Waals surface area contributed by atoms with E-state index in [1.165, 1.54) is 0 Å². The van der Waals surface area contributed by atoms with E-state index in [-0.39, 0.29) is 24.5 Å². The van der Waals surface area contributed by atoms with Gasteiger partial charge in [-0.2, -0.15) is 13.2 Å². The van der Waals surface area contributed by atoms with Crippen molar-refractivity contribution in [3.05, 3.63) is 35.1 Å². The maximum absolute atomic E-state index is 13.3. The van der Waals surface area contributed by atoms with Gasteiger partial charge in [0.25, 0.3) is 5.91 Å². The van der Waals surface area contributed by atoms with Crippen molar-refractivity contribution >= 4 is 18.3 Å². The van der Waals surface area contributed by atoms with Crippen molar-refractivity contribution in [2.24, 2.45) is 5.73 Å². The van der Waals surface area contributed by atoms with Crippen LogP contribution >= 0.6 is 12.4 Å². The average molecular weight is 343 g/mol. The number of nitrogens with one attached hydrogen (secondary N) is 1. The normalized spacial score (nSPS) is 11.8. The first-order valence-electron chi connectivity index (χ1n) is 6.58. The van der Waals surface area contributed by atoms with Gasteiger partial charge in [-0.1, -0.05) is 13.8 Å². The van der Waals surface area contributed by atoms with Crippen LogP contribution < -0.4 is 11.1 Å². The van der Waals surface area contributed by atoms with Gasteiger partial charge in [0, 0.05) is 12.1 Å². The molecule has 0 aliphatic rings. The fourth-order valence-electron chi connectivity index (χ4n) is 1.96. The van der Waals surface area contributed by atoms with Crippen molar-refractivity contribution in [1.29, 1.82) is 0 Å². The van der Waals surface area contributed by atoms with Gasteiger partial charge in [0.15, 0.2) is 0 Å². The second kappa shape index (κ2) is 7.78. The third-order valence-electron chi connectivity index (χ3n) is 3.61. The standard InChI is InChI=1S/C14H18F4N2O.ClH/c1-3-13(4-2,8-19)20-12(21)9-5-10(14(16,17)18)7-11(15)6-9;/h5-7H,3-4,8,19H2,1-2H3,(H,20,21);1H. The van der Waals surface area contributed by atoms with Crippen molar-refractivity contribution in [1.82, 2.24) is 5.32 Å². The van der Waals surface area contributed by atoms with Crippen molar-refractivity contribution in [2.75, 3.05) is 6.54 Å². The van der Waals surface area contributed by atoms with Gasteiger partial charge < -0.3 is 11.1 Å². The lowest BCUT2D eigenvalue weighted by molar-refractivity contribution is -0.137. The number of carbonyl (C=O) groups is 1. The number of halogens is 5. The minimum Gasteiger partial charge on any atom is -0.345 e. The van der Waals surface area contributed by atoms with Crippen molar-refractivity contribution < 1.29 is 22.4 Å². The Morgan fingerprint density at radius 1 is 1.18 bits per heavy atom. The van der Waals surface area contributed by atoms with Gasteiger partial charge in [0.05, 0.1) is 11.1 Å². The number of benzene rings is 1. The third-order valence-corrected chi connectivity index (χ3v) is 3.61. The molecule has 3 N–H and O–H groups in total. The molecule has 0 saturated heterocycles. The predicted octanol–water partition coefficient (Wildman–Crippen LogP) is 3.51. The van der Waals surface area contributed by atoms with Crippen LogP contribution in [0.4, 0.5) is 17.6 Å². The summed E-state index contributed by atoms with van der Waals surface area (Å²) in [5, 5.41) is 2.60. The monoisotopic (exact) mass is 342 g/mol. The molecule has 3 nitrogen and oxygen atoms in total. The summed E-state index contributed by atoms with van der Waals surface area (Å²) in [5.41, 5.74) is 3.34. The number of hydrogen-bond acceptors (Lipinski definition) is 2. The zero-order chi connectivity index (χ0) is 16.3. The maximum Gasteiger partial charge on any atom is 0.416 e. The van der Waals surface area contributed by atoms with Gasteiger partial charge in [0.2, 0.25) is 0 Å². The van der Waals surface area contributed by atoms with Crippen LogP contribution in [0.3, 0.4) is 0 Å². The molecule has 0 aliphatic heterocycles. The first-order chi connectivity index (χ1) is 9.67. The first-order valence-corrected chi connectivity index (χ1v) is 6.58. The zero-order valence-electron chi connectivity index (χ0n) is 12.3. The highest BCUT2D eigenvalue weighted by atomic mass is 35.5. The van der Waals surface area contributed by atoms with Crippen molar-refractivity contribution in [3.63, 3.8) is 0 Å². The lowest BCUT2D eigenvalue weighted by atomic mass is 9.92. The third kappa shape index (κ3) is 4.84. The Labute approximate surface area is 132 Å². The summed E-state index contributed by atoms with van der Waals surface area (Å²) in [6.45, 7) is 3.76. The van der Waals surface area contributed by atoms with E-state index in [1.54, 1.807) is 0 Å². The molecule has 0 spiro atoms. The zero-order valence-corrected chi connectivity index (χ0v) is 13.1. The molecule has 0 atom stereocenters. The number of rotatable bonds is 5. The molecule has 1 aromatic rings. The number of amides is 1. The molecule has 1 aromatic carbocycles. The van der Waals surface area contributed by atoms with Crippen LogP contribution in [-0.4, -0.2) is 18.0 Å². The van der Waals surface area contributed by atoms with E-state index in [9.17, 15) is 22.4 Å². The highest BCUT2D eigenvalue weighted by Crippen LogP contribution is 2.30. The Balaban J connectivity index is 0.00000441. The molecule has 0 unspecified atom stereocenters. The van der Waals surface area contributed by atoms with Crippen molar-refractivity contribution in [2.45, 2.75) is 38.4 Å². The Morgan fingerprint density at radius 3 is 2.14 bits per heavy atom. The number of carbonyl (C=O) groups excluding carboxylic acids is 1. The van der Waals surface area contributed by atoms with E-state index in [1.807, 2.05) is 13.8 Å². The molecule has 1 amide bonds. The van der Waals surface area contributed by atoms with Crippen LogP contribution in [0, 0.1) is 5.82 Å². The maximum atomic E-state index is 13.3. The summed E-state index contributed by atoms with van der Waals surface area (Å²) in [6.07, 6.45) is -3.67. The van der Waals surface area contributed by atoms with Crippen LogP contribution in [0.5, 0.6) is 0 Å². The Hall–Kier alpha value is -1.34. The molecular formula is C14H19ClF4N2O. The number of alkyl halides is 3. The summed E-state index contributed by atoms with van der Waals surface area (Å²) >= 11 is 0. The SMILES string of the molecule is CCC(CC)(CN)NC(=O)c1cc(F)cc(C(F)(F)F)c1.Cl. The van der Waals surface area contributed by atoms with Crippen molar-refractivity contribution in [3.8, 4) is 0 Å². The van der Waals surface area contributed by atoms with Gasteiger partial charge in [0.1, 0.15) is 5.82 Å². The quantitative estimate of drug-likeness (QED) is 0.804. The van der Waals surface area contributed by atoms with Gasteiger partial charge in [-0.3, -0.25) is 4.79 Å². The minimum atomic E-state index is -4.71. The molecule has 22 heavy (non-hydrogen) atoms. The molecule has 1 rings (SSSR count). The molecule has 0 saturated carbocycles. The molecule has 126 valence electrons. The lowest BCUT2D eigenvalue weighted by Gasteiger charge is -2.31. The Kier molecular flexibility index (Phi) is 7.31. The van der Waals surface area contributed by atoms with E-state index < -0.39 is 29.0 Å². The number of hydrogen-bond donors (Lipinski definition) is 2. The fourth-order valence-corrected chi connectivity index (χ4v) is 1.96. The van der Waals surface area contributed by atoms with Crippen LogP contribution in [-0.2, 0) is 6.18 Å². The molecule has 8 heteroatoms. The molecule has 0 aliphatic carbocycles. The summed E-state index contributed by atoms with van der Waals surface area (Å²) < 4.78 is 51.2. The second-order valence-corrected chi connectivity index (χ2v) is 4.87. The van der Waals surface area contributed by atoms with Gasteiger partial charge >= 0.3 is 6.18 Å². The summed E-state index contributed by atoms with van der Waals surface area (Å²) in [6, 6.07) is 1.76. The lowest BCUT2D eigenvalue weighted by Crippen LogP contribution is -2.52. The topological polar surface area (TPSA) is 55.1 Å². The van der Waals surface area contributed by atoms with Gasteiger partial charge in [-0.15, -0.1) is 12.4 Å². The molecule has 0 radical (unpaired) electrons. The average Bonchev–Trinajstić information content (AvgIpc) is 2.43.